The van der Waals surface area contributed by atoms with Crippen molar-refractivity contribution in [2.75, 3.05) is 25.5 Å². The smallest absolute Gasteiger partial charge is 0.234 e. The van der Waals surface area contributed by atoms with Crippen LogP contribution >= 0.6 is 0 Å². The van der Waals surface area contributed by atoms with Gasteiger partial charge in [0.25, 0.3) is 0 Å². The first kappa shape index (κ1) is 10.5. The van der Waals surface area contributed by atoms with E-state index in [1.165, 1.54) is 11.6 Å². The fourth-order valence-corrected chi connectivity index (χ4v) is 1.22. The third-order valence-corrected chi connectivity index (χ3v) is 2.00. The molecule has 0 aliphatic heterocycles. The molecular weight excluding hydrogens is 176 g/mol. The number of rotatable bonds is 4. The van der Waals surface area contributed by atoms with Gasteiger partial charge in [0.15, 0.2) is 0 Å². The highest BCUT2D eigenvalue weighted by Crippen LogP contribution is 2.13. The Morgan fingerprint density at radius 3 is 2.86 bits per heavy atom. The lowest BCUT2D eigenvalue weighted by Gasteiger charge is -2.13. The zero-order valence-electron chi connectivity index (χ0n) is 8.53. The van der Waals surface area contributed by atoms with E-state index in [2.05, 4.69) is 11.1 Å². The summed E-state index contributed by atoms with van der Waals surface area (Å²) in [5.41, 5.74) is 2.35. The topological polar surface area (TPSA) is 32.7 Å². The Morgan fingerprint density at radius 2 is 2.21 bits per heavy atom. The van der Waals surface area contributed by atoms with Crippen LogP contribution < -0.4 is 4.90 Å². The molecule has 1 aromatic carbocycles. The molecule has 0 heterocycles. The van der Waals surface area contributed by atoms with E-state index in [1.807, 2.05) is 37.2 Å². The molecule has 0 aromatic heterocycles. The van der Waals surface area contributed by atoms with E-state index >= 15 is 0 Å². The zero-order chi connectivity index (χ0) is 10.4. The van der Waals surface area contributed by atoms with Crippen molar-refractivity contribution in [3.8, 4) is 0 Å². The summed E-state index contributed by atoms with van der Waals surface area (Å²) in [7, 11) is 4.01. The number of aliphatic imine (C=N–C) groups is 1. The molecule has 0 N–H and O–H groups in total. The molecule has 0 radical (unpaired) electrons. The first-order chi connectivity index (χ1) is 6.74. The van der Waals surface area contributed by atoms with Gasteiger partial charge in [0.1, 0.15) is 0 Å². The highest BCUT2D eigenvalue weighted by molar-refractivity contribution is 5.47. The second kappa shape index (κ2) is 5.20. The average Bonchev–Trinajstić information content (AvgIpc) is 2.19. The van der Waals surface area contributed by atoms with Crippen LogP contribution in [0.25, 0.3) is 0 Å². The minimum Gasteiger partial charge on any atom is -0.378 e. The molecule has 0 aliphatic carbocycles. The molecule has 14 heavy (non-hydrogen) atoms. The van der Waals surface area contributed by atoms with E-state index in [9.17, 15) is 4.79 Å². The zero-order valence-corrected chi connectivity index (χ0v) is 8.53. The van der Waals surface area contributed by atoms with Crippen LogP contribution in [0.3, 0.4) is 0 Å². The molecule has 0 aliphatic rings. The molecule has 0 saturated heterocycles. The van der Waals surface area contributed by atoms with Crippen molar-refractivity contribution in [3.63, 3.8) is 0 Å². The summed E-state index contributed by atoms with van der Waals surface area (Å²) in [6.45, 7) is 0.514. The maximum Gasteiger partial charge on any atom is 0.234 e. The van der Waals surface area contributed by atoms with E-state index in [-0.39, 0.29) is 0 Å². The number of carbonyl (C=O) groups excluding carboxylic acids is 1. The number of anilines is 1. The average molecular weight is 190 g/mol. The van der Waals surface area contributed by atoms with E-state index in [0.717, 1.165) is 12.1 Å². The van der Waals surface area contributed by atoms with Crippen molar-refractivity contribution in [2.24, 2.45) is 4.99 Å². The first-order valence-corrected chi connectivity index (χ1v) is 4.54. The van der Waals surface area contributed by atoms with Crippen LogP contribution in [0.15, 0.2) is 29.3 Å². The predicted octanol–water partition coefficient (Wildman–Crippen LogP) is 1.63. The van der Waals surface area contributed by atoms with Crippen LogP contribution in [0.2, 0.25) is 0 Å². The molecule has 74 valence electrons. The number of isocyanates is 1. The molecule has 1 aromatic rings. The molecule has 0 saturated carbocycles. The Labute approximate surface area is 84.1 Å². The molecule has 3 heteroatoms. The van der Waals surface area contributed by atoms with Gasteiger partial charge in [-0.2, -0.15) is 0 Å². The number of hydrogen-bond donors (Lipinski definition) is 0. The minimum atomic E-state index is 0.514. The van der Waals surface area contributed by atoms with Crippen molar-refractivity contribution in [3.05, 3.63) is 29.8 Å². The summed E-state index contributed by atoms with van der Waals surface area (Å²) in [4.78, 5) is 15.4. The van der Waals surface area contributed by atoms with Gasteiger partial charge in [-0.25, -0.2) is 9.79 Å². The maximum absolute atomic E-state index is 9.87. The Balaban J connectivity index is 2.68. The summed E-state index contributed by atoms with van der Waals surface area (Å²) in [6, 6.07) is 8.19. The van der Waals surface area contributed by atoms with E-state index < -0.39 is 0 Å². The van der Waals surface area contributed by atoms with Crippen LogP contribution in [0.5, 0.6) is 0 Å². The van der Waals surface area contributed by atoms with Gasteiger partial charge >= 0.3 is 0 Å². The minimum absolute atomic E-state index is 0.514. The quantitative estimate of drug-likeness (QED) is 0.534. The maximum atomic E-state index is 9.87. The Bertz CT molecular complexity index is 341. The predicted molar refractivity (Wildman–Crippen MR) is 57.5 cm³/mol. The lowest BCUT2D eigenvalue weighted by molar-refractivity contribution is 0.563. The van der Waals surface area contributed by atoms with Crippen molar-refractivity contribution in [1.82, 2.24) is 0 Å². The fraction of sp³-hybridized carbons (Fsp3) is 0.364. The fourth-order valence-electron chi connectivity index (χ4n) is 1.22. The number of benzene rings is 1. The SMILES string of the molecule is CN(C)c1cccc(CCN=C=O)c1. The van der Waals surface area contributed by atoms with Crippen molar-refractivity contribution in [1.29, 1.82) is 0 Å². The van der Waals surface area contributed by atoms with Gasteiger partial charge < -0.3 is 4.90 Å². The largest absolute Gasteiger partial charge is 0.378 e. The van der Waals surface area contributed by atoms with Crippen LogP contribution in [-0.2, 0) is 11.2 Å². The van der Waals surface area contributed by atoms with Gasteiger partial charge in [0.2, 0.25) is 6.08 Å². The standard InChI is InChI=1S/C11H14N2O/c1-13(2)11-5-3-4-10(8-11)6-7-12-9-14/h3-5,8H,6-7H2,1-2H3. The van der Waals surface area contributed by atoms with Crippen molar-refractivity contribution < 1.29 is 4.79 Å². The van der Waals surface area contributed by atoms with Gasteiger partial charge in [-0.1, -0.05) is 12.1 Å². The third kappa shape index (κ3) is 3.04. The first-order valence-electron chi connectivity index (χ1n) is 4.54. The third-order valence-electron chi connectivity index (χ3n) is 2.00. The van der Waals surface area contributed by atoms with Crippen molar-refractivity contribution in [2.45, 2.75) is 6.42 Å². The Hall–Kier alpha value is -1.60. The number of nitrogens with zero attached hydrogens (tertiary/aromatic N) is 2. The Morgan fingerprint density at radius 1 is 1.43 bits per heavy atom. The van der Waals surface area contributed by atoms with Gasteiger partial charge in [-0.15, -0.1) is 0 Å². The summed E-state index contributed by atoms with van der Waals surface area (Å²) in [6.07, 6.45) is 2.33. The molecule has 0 amide bonds. The highest BCUT2D eigenvalue weighted by Gasteiger charge is 1.96. The molecule has 0 atom stereocenters. The molecule has 1 rings (SSSR count). The highest BCUT2D eigenvalue weighted by atomic mass is 16.1. The second-order valence-corrected chi connectivity index (χ2v) is 3.29. The molecule has 0 spiro atoms. The summed E-state index contributed by atoms with van der Waals surface area (Å²) >= 11 is 0. The molecule has 0 bridgehead atoms. The molecule has 0 unspecified atom stereocenters. The normalized spacial score (nSPS) is 9.29. The van der Waals surface area contributed by atoms with Crippen LogP contribution in [-0.4, -0.2) is 26.7 Å². The second-order valence-electron chi connectivity index (χ2n) is 3.29. The van der Waals surface area contributed by atoms with E-state index in [4.69, 9.17) is 0 Å². The monoisotopic (exact) mass is 190 g/mol. The van der Waals surface area contributed by atoms with Gasteiger partial charge in [0, 0.05) is 19.8 Å². The summed E-state index contributed by atoms with van der Waals surface area (Å²) < 4.78 is 0. The van der Waals surface area contributed by atoms with Crippen LogP contribution in [0, 0.1) is 0 Å². The van der Waals surface area contributed by atoms with E-state index in [0.29, 0.717) is 6.54 Å². The molecule has 0 fully saturated rings. The van der Waals surface area contributed by atoms with Gasteiger partial charge in [-0.3, -0.25) is 0 Å². The summed E-state index contributed by atoms with van der Waals surface area (Å²) in [5, 5.41) is 0. The number of hydrogen-bond acceptors (Lipinski definition) is 3. The van der Waals surface area contributed by atoms with Gasteiger partial charge in [-0.05, 0) is 24.1 Å². The van der Waals surface area contributed by atoms with Gasteiger partial charge in [0.05, 0.1) is 6.54 Å². The summed E-state index contributed by atoms with van der Waals surface area (Å²) in [5.74, 6) is 0. The molecular formula is C11H14N2O. The Kier molecular flexibility index (Phi) is 3.89. The molecule has 3 nitrogen and oxygen atoms in total. The lowest BCUT2D eigenvalue weighted by Crippen LogP contribution is -2.08. The van der Waals surface area contributed by atoms with Crippen LogP contribution in [0.4, 0.5) is 5.69 Å². The van der Waals surface area contributed by atoms with Crippen LogP contribution in [0.1, 0.15) is 5.56 Å². The van der Waals surface area contributed by atoms with Crippen molar-refractivity contribution >= 4 is 11.8 Å². The lowest BCUT2D eigenvalue weighted by atomic mass is 10.1. The van der Waals surface area contributed by atoms with E-state index in [1.54, 1.807) is 0 Å².